The fourth-order valence-electron chi connectivity index (χ4n) is 5.44. The number of fused-ring (bicyclic) bond motifs is 6. The van der Waals surface area contributed by atoms with Crippen molar-refractivity contribution >= 4 is 65.3 Å². The molecule has 0 aliphatic carbocycles. The molecule has 21 nitrogen and oxygen atoms in total. The van der Waals surface area contributed by atoms with Gasteiger partial charge in [-0.1, -0.05) is 0 Å². The highest BCUT2D eigenvalue weighted by Gasteiger charge is 2.52. The molecule has 4 bridgehead atoms. The van der Waals surface area contributed by atoms with Crippen LogP contribution in [0.5, 0.6) is 0 Å². The number of nitrogens with two attached hydrogens (primary N) is 1. The minimum absolute atomic E-state index is 0.0307. The number of aliphatic hydroxyl groups is 2. The van der Waals surface area contributed by atoms with Crippen LogP contribution in [0.2, 0.25) is 0 Å². The van der Waals surface area contributed by atoms with Gasteiger partial charge in [0.15, 0.2) is 34.8 Å². The van der Waals surface area contributed by atoms with Crippen molar-refractivity contribution in [1.82, 2.24) is 39.0 Å². The smallest absolute Gasteiger partial charge is 0.325 e. The number of nitrogen functional groups attached to an aromatic ring is 1. The number of aliphatic hydroxyl groups excluding tert-OH is 2. The number of nitrogens with one attached hydrogen (secondary N) is 2. The fraction of sp³-hybridized carbons (Fsp3) is 0.524. The van der Waals surface area contributed by atoms with Crippen LogP contribution >= 0.6 is 13.4 Å². The lowest BCUT2D eigenvalue weighted by Crippen LogP contribution is -2.38. The van der Waals surface area contributed by atoms with Crippen LogP contribution in [-0.2, 0) is 51.2 Å². The number of aromatic amines is 2. The number of ether oxygens (including phenoxy) is 2. The van der Waals surface area contributed by atoms with E-state index < -0.39 is 86.8 Å². The van der Waals surface area contributed by atoms with E-state index in [1.54, 1.807) is 6.92 Å². The SMILES string of the molecule is Cc1nc2c(ncn2[C@@H]2O[C@@H]3COP(O)(=S)O[C@@H]4[C@H](O)[C@@H](COP(O)(=S)O[C@@H]2[C@@H]3O)O[C@H]4n2cnc3c(=O)[nH]c(N)nc32)c(=O)[nH]1. The number of hydrogen-bond acceptors (Lipinski definition) is 17. The Balaban J connectivity index is 1.23. The summed E-state index contributed by atoms with van der Waals surface area (Å²) in [5.74, 6) is 0.0412. The molecule has 3 fully saturated rings. The third-order valence-corrected chi connectivity index (χ3v) is 10.6. The Hall–Kier alpha value is -2.60. The first-order chi connectivity index (χ1) is 21.7. The highest BCUT2D eigenvalue weighted by Crippen LogP contribution is 2.54. The van der Waals surface area contributed by atoms with E-state index in [1.807, 2.05) is 0 Å². The van der Waals surface area contributed by atoms with Gasteiger partial charge in [0.05, 0.1) is 25.9 Å². The molecule has 0 amide bonds. The van der Waals surface area contributed by atoms with Crippen LogP contribution in [0.1, 0.15) is 18.3 Å². The number of imidazole rings is 2. The number of aromatic nitrogens is 8. The number of anilines is 1. The Bertz CT molecular complexity index is 1910. The zero-order valence-corrected chi connectivity index (χ0v) is 26.6. The Kier molecular flexibility index (Phi) is 8.01. The van der Waals surface area contributed by atoms with Crippen LogP contribution in [0.25, 0.3) is 22.3 Å². The first-order valence-electron chi connectivity index (χ1n) is 13.4. The summed E-state index contributed by atoms with van der Waals surface area (Å²) in [6.07, 6.45) is -8.76. The van der Waals surface area contributed by atoms with Gasteiger partial charge < -0.3 is 49.2 Å². The van der Waals surface area contributed by atoms with Crippen LogP contribution in [-0.4, -0.2) is 109 Å². The Morgan fingerprint density at radius 3 is 1.80 bits per heavy atom. The Morgan fingerprint density at radius 1 is 0.848 bits per heavy atom. The summed E-state index contributed by atoms with van der Waals surface area (Å²) >= 11 is 10.5. The van der Waals surface area contributed by atoms with Crippen LogP contribution in [0.4, 0.5) is 5.95 Å². The van der Waals surface area contributed by atoms with E-state index in [0.717, 1.165) is 0 Å². The van der Waals surface area contributed by atoms with E-state index in [9.17, 15) is 29.6 Å². The van der Waals surface area contributed by atoms with E-state index in [2.05, 4.69) is 29.9 Å². The van der Waals surface area contributed by atoms with Crippen LogP contribution in [0, 0.1) is 6.92 Å². The molecule has 46 heavy (non-hydrogen) atoms. The predicted octanol–water partition coefficient (Wildman–Crippen LogP) is -2.09. The third-order valence-electron chi connectivity index (χ3n) is 7.49. The molecule has 0 saturated carbocycles. The number of nitrogens with zero attached hydrogens (tertiary/aromatic N) is 6. The highest BCUT2D eigenvalue weighted by molar-refractivity contribution is 8.07. The van der Waals surface area contributed by atoms with Crippen molar-refractivity contribution in [1.29, 1.82) is 0 Å². The minimum atomic E-state index is -4.25. The van der Waals surface area contributed by atoms with Crippen molar-refractivity contribution in [3.63, 3.8) is 0 Å². The van der Waals surface area contributed by atoms with Gasteiger partial charge in [-0.15, -0.1) is 0 Å². The maximum Gasteiger partial charge on any atom is 0.325 e. The molecule has 2 unspecified atom stereocenters. The standard InChI is InChI=1S/C21H25N9O12P2S2/c1-6-25-15-9(17(33)26-6)23-4-29(15)19-13-11(31)7(39-19)2-37-44(36,46)42-14-12(32)8(3-38-43(35,45)41-13)40-20(14)30-5-24-10-16(30)27-21(22)28-18(10)34/h4-5,7-8,11-14,19-20,31-32H,2-3H2,1H3,(H,35,45)(H,36,46)(H,25,26,33)(H3,22,27,28,34)/t7-,8-,11-,12-,13-,14-,19-,20-,43?,44?/m1/s1. The van der Waals surface area contributed by atoms with Gasteiger partial charge in [-0.2, -0.15) is 4.98 Å². The first-order valence-corrected chi connectivity index (χ1v) is 18.5. The summed E-state index contributed by atoms with van der Waals surface area (Å²) in [5, 5.41) is 22.4. The molecule has 4 aromatic heterocycles. The number of H-pyrrole nitrogens is 2. The van der Waals surface area contributed by atoms with Crippen LogP contribution in [0.3, 0.4) is 0 Å². The van der Waals surface area contributed by atoms with Gasteiger partial charge in [-0.05, 0) is 30.5 Å². The second kappa shape index (κ2) is 11.5. The second-order valence-electron chi connectivity index (χ2n) is 10.5. The molecular formula is C21H25N9O12P2S2. The second-order valence-corrected chi connectivity index (χ2v) is 16.1. The van der Waals surface area contributed by atoms with Gasteiger partial charge >= 0.3 is 13.4 Å². The summed E-state index contributed by atoms with van der Waals surface area (Å²) in [5.41, 5.74) is 4.46. The maximum absolute atomic E-state index is 12.4. The van der Waals surface area contributed by atoms with Crippen molar-refractivity contribution in [2.24, 2.45) is 0 Å². The monoisotopic (exact) mass is 721 g/mol. The lowest BCUT2D eigenvalue weighted by atomic mass is 10.1. The van der Waals surface area contributed by atoms with Crippen molar-refractivity contribution in [2.75, 3.05) is 18.9 Å². The summed E-state index contributed by atoms with van der Waals surface area (Å²) in [7, 11) is 0. The third kappa shape index (κ3) is 5.65. The molecule has 10 atom stereocenters. The largest absolute Gasteiger partial charge is 0.387 e. The summed E-state index contributed by atoms with van der Waals surface area (Å²) in [6, 6.07) is 0. The van der Waals surface area contributed by atoms with Crippen molar-refractivity contribution in [2.45, 2.75) is 56.0 Å². The topological polar surface area (TPSA) is 289 Å². The summed E-state index contributed by atoms with van der Waals surface area (Å²) < 4.78 is 37.1. The quantitative estimate of drug-likeness (QED) is 0.109. The molecule has 248 valence electrons. The number of aryl methyl sites for hydroxylation is 1. The Labute approximate surface area is 265 Å². The van der Waals surface area contributed by atoms with E-state index in [1.165, 1.54) is 21.8 Å². The van der Waals surface area contributed by atoms with E-state index in [0.29, 0.717) is 0 Å². The van der Waals surface area contributed by atoms with Gasteiger partial charge in [0.1, 0.15) is 42.4 Å². The molecule has 25 heteroatoms. The van der Waals surface area contributed by atoms with Crippen molar-refractivity contribution in [3.8, 4) is 0 Å². The maximum atomic E-state index is 12.4. The summed E-state index contributed by atoms with van der Waals surface area (Å²) in [4.78, 5) is 68.3. The van der Waals surface area contributed by atoms with Gasteiger partial charge in [0.2, 0.25) is 5.95 Å². The Morgan fingerprint density at radius 2 is 1.30 bits per heavy atom. The number of hydrogen-bond donors (Lipinski definition) is 7. The minimum Gasteiger partial charge on any atom is -0.387 e. The molecule has 3 saturated heterocycles. The molecular weight excluding hydrogens is 696 g/mol. The molecule has 3 aliphatic rings. The fourth-order valence-corrected chi connectivity index (χ4v) is 8.27. The number of rotatable bonds is 2. The molecule has 0 aromatic carbocycles. The van der Waals surface area contributed by atoms with E-state index in [-0.39, 0.29) is 34.1 Å². The average molecular weight is 722 g/mol. The van der Waals surface area contributed by atoms with Gasteiger partial charge in [-0.3, -0.25) is 32.8 Å². The average Bonchev–Trinajstić information content (AvgIpc) is 3.72. The van der Waals surface area contributed by atoms with Gasteiger partial charge in [0, 0.05) is 0 Å². The van der Waals surface area contributed by atoms with Crippen molar-refractivity contribution < 1.29 is 47.6 Å². The predicted molar refractivity (Wildman–Crippen MR) is 160 cm³/mol. The lowest BCUT2D eigenvalue weighted by Gasteiger charge is -2.28. The van der Waals surface area contributed by atoms with Crippen LogP contribution < -0.4 is 16.9 Å². The molecule has 4 aromatic rings. The van der Waals surface area contributed by atoms with E-state index >= 15 is 0 Å². The highest BCUT2D eigenvalue weighted by atomic mass is 32.5. The first kappa shape index (κ1) is 32.0. The molecule has 0 radical (unpaired) electrons. The molecule has 7 rings (SSSR count). The van der Waals surface area contributed by atoms with E-state index in [4.69, 9.17) is 56.9 Å². The summed E-state index contributed by atoms with van der Waals surface area (Å²) in [6.45, 7) is -8.08. The zero-order chi connectivity index (χ0) is 32.7. The molecule has 8 N–H and O–H groups in total. The van der Waals surface area contributed by atoms with Crippen LogP contribution in [0.15, 0.2) is 22.2 Å². The normalized spacial score (nSPS) is 37.2. The molecule has 7 heterocycles. The van der Waals surface area contributed by atoms with Gasteiger partial charge in [0.25, 0.3) is 11.1 Å². The van der Waals surface area contributed by atoms with Crippen molar-refractivity contribution in [3.05, 3.63) is 39.2 Å². The lowest BCUT2D eigenvalue weighted by molar-refractivity contribution is -0.0615. The molecule has 3 aliphatic heterocycles. The van der Waals surface area contributed by atoms with Gasteiger partial charge in [-0.25, -0.2) is 15.0 Å². The molecule has 0 spiro atoms. The zero-order valence-electron chi connectivity index (χ0n) is 23.2.